The Morgan fingerprint density at radius 1 is 1.37 bits per heavy atom. The molecule has 1 aromatic carbocycles. The topological polar surface area (TPSA) is 29.9 Å². The molecule has 0 amide bonds. The van der Waals surface area contributed by atoms with Gasteiger partial charge in [-0.3, -0.25) is 0 Å². The fourth-order valence-electron chi connectivity index (χ4n) is 2.06. The minimum Gasteiger partial charge on any atom is -0.310 e. The minimum absolute atomic E-state index is 0.472. The average molecular weight is 322 g/mol. The van der Waals surface area contributed by atoms with Crippen molar-refractivity contribution < 1.29 is 0 Å². The van der Waals surface area contributed by atoms with Crippen molar-refractivity contribution in [3.63, 3.8) is 0 Å². The maximum absolute atomic E-state index is 4.40. The van der Waals surface area contributed by atoms with Crippen LogP contribution >= 0.6 is 15.9 Å². The van der Waals surface area contributed by atoms with E-state index in [1.165, 1.54) is 11.3 Å². The highest BCUT2D eigenvalue weighted by atomic mass is 79.9. The van der Waals surface area contributed by atoms with Crippen LogP contribution in [0.5, 0.6) is 0 Å². The van der Waals surface area contributed by atoms with Crippen LogP contribution in [0.15, 0.2) is 35.1 Å². The molecule has 0 aliphatic rings. The Kier molecular flexibility index (Phi) is 4.77. The van der Waals surface area contributed by atoms with Crippen molar-refractivity contribution in [3.8, 4) is 5.69 Å². The van der Waals surface area contributed by atoms with Gasteiger partial charge in [-0.1, -0.05) is 36.7 Å². The van der Waals surface area contributed by atoms with E-state index in [0.29, 0.717) is 6.04 Å². The third-order valence-corrected chi connectivity index (χ3v) is 3.53. The fourth-order valence-corrected chi connectivity index (χ4v) is 2.47. The molecular formula is C15H20BrN3. The van der Waals surface area contributed by atoms with Gasteiger partial charge in [0, 0.05) is 35.9 Å². The van der Waals surface area contributed by atoms with Gasteiger partial charge in [-0.25, -0.2) is 4.98 Å². The molecular weight excluding hydrogens is 302 g/mol. The number of imidazole rings is 1. The van der Waals surface area contributed by atoms with Gasteiger partial charge in [-0.05, 0) is 23.8 Å². The Morgan fingerprint density at radius 2 is 2.16 bits per heavy atom. The summed E-state index contributed by atoms with van der Waals surface area (Å²) in [7, 11) is 0. The van der Waals surface area contributed by atoms with E-state index in [1.54, 1.807) is 0 Å². The number of rotatable bonds is 5. The number of aromatic nitrogens is 2. The molecule has 0 aliphatic heterocycles. The van der Waals surface area contributed by atoms with Gasteiger partial charge < -0.3 is 9.88 Å². The average Bonchev–Trinajstić information content (AvgIpc) is 2.84. The third kappa shape index (κ3) is 3.45. The molecule has 2 aromatic rings. The molecule has 0 unspecified atom stereocenters. The van der Waals surface area contributed by atoms with E-state index in [-0.39, 0.29) is 0 Å². The quantitative estimate of drug-likeness (QED) is 0.910. The van der Waals surface area contributed by atoms with Crippen LogP contribution in [0.3, 0.4) is 0 Å². The first kappa shape index (κ1) is 14.3. The first-order chi connectivity index (χ1) is 9.11. The van der Waals surface area contributed by atoms with E-state index in [1.807, 2.05) is 12.4 Å². The van der Waals surface area contributed by atoms with Gasteiger partial charge in [0.25, 0.3) is 0 Å². The fraction of sp³-hybridized carbons (Fsp3) is 0.400. The van der Waals surface area contributed by atoms with E-state index < -0.39 is 0 Å². The van der Waals surface area contributed by atoms with Crippen LogP contribution in [0.4, 0.5) is 0 Å². The van der Waals surface area contributed by atoms with Gasteiger partial charge in [0.05, 0.1) is 5.69 Å². The summed E-state index contributed by atoms with van der Waals surface area (Å²) >= 11 is 3.55. The van der Waals surface area contributed by atoms with Crippen LogP contribution in [0.2, 0.25) is 0 Å². The molecule has 0 fully saturated rings. The Labute approximate surface area is 123 Å². The second kappa shape index (κ2) is 6.35. The van der Waals surface area contributed by atoms with Gasteiger partial charge in [0.15, 0.2) is 0 Å². The summed E-state index contributed by atoms with van der Waals surface area (Å²) in [6.07, 6.45) is 4.82. The van der Waals surface area contributed by atoms with Crippen LogP contribution in [0.1, 0.15) is 32.2 Å². The monoisotopic (exact) mass is 321 g/mol. The molecule has 1 aromatic heterocycles. The smallest absolute Gasteiger partial charge is 0.112 e. The molecule has 0 radical (unpaired) electrons. The van der Waals surface area contributed by atoms with Crippen molar-refractivity contribution in [1.82, 2.24) is 14.9 Å². The lowest BCUT2D eigenvalue weighted by molar-refractivity contribution is 0.587. The molecule has 3 nitrogen and oxygen atoms in total. The zero-order valence-corrected chi connectivity index (χ0v) is 13.2. The lowest BCUT2D eigenvalue weighted by Crippen LogP contribution is -2.22. The van der Waals surface area contributed by atoms with E-state index in [9.17, 15) is 0 Å². The minimum atomic E-state index is 0.472. The summed E-state index contributed by atoms with van der Waals surface area (Å²) in [5, 5.41) is 3.47. The lowest BCUT2D eigenvalue weighted by atomic mass is 10.1. The van der Waals surface area contributed by atoms with Gasteiger partial charge in [0.1, 0.15) is 5.82 Å². The molecule has 0 bridgehead atoms. The van der Waals surface area contributed by atoms with Crippen molar-refractivity contribution in [2.75, 3.05) is 0 Å². The number of benzene rings is 1. The second-order valence-corrected chi connectivity index (χ2v) is 5.79. The van der Waals surface area contributed by atoms with Gasteiger partial charge in [0.2, 0.25) is 0 Å². The summed E-state index contributed by atoms with van der Waals surface area (Å²) in [5.41, 5.74) is 2.47. The third-order valence-electron chi connectivity index (χ3n) is 3.04. The Balaban J connectivity index is 2.39. The molecule has 4 heteroatoms. The van der Waals surface area contributed by atoms with Gasteiger partial charge in [-0.15, -0.1) is 0 Å². The summed E-state index contributed by atoms with van der Waals surface area (Å²) in [5.74, 6) is 1.09. The highest BCUT2D eigenvalue weighted by Gasteiger charge is 2.09. The standard InChI is InChI=1S/C15H20BrN3/c1-4-15-17-7-8-19(15)14-6-5-13(16)9-12(14)10-18-11(2)3/h5-9,11,18H,4,10H2,1-3H3. The lowest BCUT2D eigenvalue weighted by Gasteiger charge is -2.15. The van der Waals surface area contributed by atoms with Crippen LogP contribution in [-0.2, 0) is 13.0 Å². The SMILES string of the molecule is CCc1nccn1-c1ccc(Br)cc1CNC(C)C. The number of nitrogens with one attached hydrogen (secondary N) is 1. The zero-order chi connectivity index (χ0) is 13.8. The highest BCUT2D eigenvalue weighted by Crippen LogP contribution is 2.21. The second-order valence-electron chi connectivity index (χ2n) is 4.88. The molecule has 0 atom stereocenters. The Hall–Kier alpha value is -1.13. The normalized spacial score (nSPS) is 11.2. The molecule has 0 aliphatic carbocycles. The van der Waals surface area contributed by atoms with Crippen LogP contribution in [0, 0.1) is 0 Å². The number of halogens is 1. The maximum Gasteiger partial charge on any atom is 0.112 e. The summed E-state index contributed by atoms with van der Waals surface area (Å²) in [6.45, 7) is 7.30. The van der Waals surface area contributed by atoms with Gasteiger partial charge in [-0.2, -0.15) is 0 Å². The summed E-state index contributed by atoms with van der Waals surface area (Å²) < 4.78 is 3.28. The largest absolute Gasteiger partial charge is 0.310 e. The molecule has 1 heterocycles. The van der Waals surface area contributed by atoms with Crippen LogP contribution < -0.4 is 5.32 Å². The predicted molar refractivity (Wildman–Crippen MR) is 82.6 cm³/mol. The Morgan fingerprint density at radius 3 is 2.84 bits per heavy atom. The highest BCUT2D eigenvalue weighted by molar-refractivity contribution is 9.10. The Bertz CT molecular complexity index is 546. The van der Waals surface area contributed by atoms with Crippen LogP contribution in [-0.4, -0.2) is 15.6 Å². The van der Waals surface area contributed by atoms with Crippen molar-refractivity contribution >= 4 is 15.9 Å². The van der Waals surface area contributed by atoms with Crippen molar-refractivity contribution in [2.45, 2.75) is 39.8 Å². The van der Waals surface area contributed by atoms with Crippen molar-refractivity contribution in [1.29, 1.82) is 0 Å². The van der Waals surface area contributed by atoms with Crippen molar-refractivity contribution in [3.05, 3.63) is 46.5 Å². The maximum atomic E-state index is 4.40. The van der Waals surface area contributed by atoms with E-state index >= 15 is 0 Å². The van der Waals surface area contributed by atoms with E-state index in [0.717, 1.165) is 23.3 Å². The summed E-state index contributed by atoms with van der Waals surface area (Å²) in [6, 6.07) is 6.86. The van der Waals surface area contributed by atoms with Crippen molar-refractivity contribution in [2.24, 2.45) is 0 Å². The van der Waals surface area contributed by atoms with Gasteiger partial charge >= 0.3 is 0 Å². The first-order valence-corrected chi connectivity index (χ1v) is 7.45. The number of hydrogen-bond acceptors (Lipinski definition) is 2. The predicted octanol–water partition coefficient (Wildman–Crippen LogP) is 3.70. The molecule has 19 heavy (non-hydrogen) atoms. The first-order valence-electron chi connectivity index (χ1n) is 6.66. The molecule has 0 saturated heterocycles. The van der Waals surface area contributed by atoms with Crippen LogP contribution in [0.25, 0.3) is 5.69 Å². The van der Waals surface area contributed by atoms with E-state index in [2.05, 4.69) is 69.8 Å². The van der Waals surface area contributed by atoms with E-state index in [4.69, 9.17) is 0 Å². The number of hydrogen-bond donors (Lipinski definition) is 1. The molecule has 102 valence electrons. The molecule has 0 spiro atoms. The summed E-state index contributed by atoms with van der Waals surface area (Å²) in [4.78, 5) is 4.40. The molecule has 2 rings (SSSR count). The molecule has 0 saturated carbocycles. The molecule has 1 N–H and O–H groups in total. The number of nitrogens with zero attached hydrogens (tertiary/aromatic N) is 2. The number of aryl methyl sites for hydroxylation is 1. The zero-order valence-electron chi connectivity index (χ0n) is 11.7.